The number of hydrogen-bond acceptors (Lipinski definition) is 7. The highest BCUT2D eigenvalue weighted by atomic mass is 32.2. The number of para-hydroxylation sites is 1. The molecule has 0 aromatic heterocycles. The van der Waals surface area contributed by atoms with E-state index in [1.54, 1.807) is 7.11 Å². The SMILES string of the molecule is COc1ccccc1SCCNc1ccc(S(N)(=O)=O)cc1[N+](=O)[O-]. The monoisotopic (exact) mass is 383 g/mol. The molecule has 0 spiro atoms. The maximum absolute atomic E-state index is 11.3. The molecule has 0 aliphatic carbocycles. The number of thioether (sulfide) groups is 1. The molecule has 3 N–H and O–H groups in total. The fourth-order valence-corrected chi connectivity index (χ4v) is 3.50. The molecule has 0 saturated heterocycles. The van der Waals surface area contributed by atoms with Crippen molar-refractivity contribution in [2.75, 3.05) is 24.7 Å². The molecule has 0 amide bonds. The van der Waals surface area contributed by atoms with E-state index < -0.39 is 14.9 Å². The van der Waals surface area contributed by atoms with Gasteiger partial charge in [0, 0.05) is 23.3 Å². The molecule has 2 aromatic carbocycles. The van der Waals surface area contributed by atoms with Crippen molar-refractivity contribution in [3.63, 3.8) is 0 Å². The van der Waals surface area contributed by atoms with Gasteiger partial charge >= 0.3 is 0 Å². The molecule has 0 aliphatic heterocycles. The first kappa shape index (κ1) is 19.0. The van der Waals surface area contributed by atoms with Crippen LogP contribution in [0.4, 0.5) is 11.4 Å². The number of nitrogens with two attached hydrogens (primary N) is 1. The minimum Gasteiger partial charge on any atom is -0.496 e. The van der Waals surface area contributed by atoms with Crippen molar-refractivity contribution >= 4 is 33.2 Å². The van der Waals surface area contributed by atoms with Crippen LogP contribution in [0.3, 0.4) is 0 Å². The molecule has 2 aromatic rings. The smallest absolute Gasteiger partial charge is 0.293 e. The second kappa shape index (κ2) is 8.19. The first-order valence-corrected chi connectivity index (χ1v) is 9.67. The second-order valence-corrected chi connectivity index (χ2v) is 7.61. The molecule has 10 heteroatoms. The fraction of sp³-hybridized carbons (Fsp3) is 0.200. The van der Waals surface area contributed by atoms with Crippen molar-refractivity contribution in [1.82, 2.24) is 0 Å². The summed E-state index contributed by atoms with van der Waals surface area (Å²) in [7, 11) is -2.40. The summed E-state index contributed by atoms with van der Waals surface area (Å²) in [6.45, 7) is 0.443. The largest absolute Gasteiger partial charge is 0.496 e. The van der Waals surface area contributed by atoms with Crippen molar-refractivity contribution < 1.29 is 18.1 Å². The Morgan fingerprint density at radius 2 is 2.00 bits per heavy atom. The van der Waals surface area contributed by atoms with E-state index in [4.69, 9.17) is 9.88 Å². The van der Waals surface area contributed by atoms with E-state index in [1.807, 2.05) is 24.3 Å². The number of ether oxygens (including phenoxy) is 1. The number of methoxy groups -OCH3 is 1. The van der Waals surface area contributed by atoms with Gasteiger partial charge in [0.25, 0.3) is 5.69 Å². The molecule has 0 atom stereocenters. The van der Waals surface area contributed by atoms with Gasteiger partial charge in [0.1, 0.15) is 11.4 Å². The van der Waals surface area contributed by atoms with Gasteiger partial charge in [-0.2, -0.15) is 0 Å². The van der Waals surface area contributed by atoms with Crippen LogP contribution in [0.5, 0.6) is 5.75 Å². The number of anilines is 1. The van der Waals surface area contributed by atoms with E-state index in [0.717, 1.165) is 16.7 Å². The maximum Gasteiger partial charge on any atom is 0.293 e. The van der Waals surface area contributed by atoms with E-state index in [0.29, 0.717) is 12.3 Å². The van der Waals surface area contributed by atoms with Gasteiger partial charge in [0.2, 0.25) is 10.0 Å². The van der Waals surface area contributed by atoms with Crippen LogP contribution in [0.25, 0.3) is 0 Å². The number of benzene rings is 2. The van der Waals surface area contributed by atoms with E-state index in [-0.39, 0.29) is 16.3 Å². The fourth-order valence-electron chi connectivity index (χ4n) is 2.07. The summed E-state index contributed by atoms with van der Waals surface area (Å²) in [4.78, 5) is 11.2. The lowest BCUT2D eigenvalue weighted by molar-refractivity contribution is -0.384. The third kappa shape index (κ3) is 5.08. The molecule has 0 heterocycles. The standard InChI is InChI=1S/C15H17N3O5S2/c1-23-14-4-2-3-5-15(14)24-9-8-17-12-7-6-11(25(16,21)22)10-13(12)18(19)20/h2-7,10,17H,8-9H2,1H3,(H2,16,21,22). The predicted octanol–water partition coefficient (Wildman–Crippen LogP) is 2.46. The Morgan fingerprint density at radius 1 is 1.28 bits per heavy atom. The van der Waals surface area contributed by atoms with Crippen LogP contribution in [0, 0.1) is 10.1 Å². The summed E-state index contributed by atoms with van der Waals surface area (Å²) in [5.74, 6) is 1.39. The van der Waals surface area contributed by atoms with Crippen LogP contribution in [0.15, 0.2) is 52.3 Å². The average molecular weight is 383 g/mol. The van der Waals surface area contributed by atoms with Crippen molar-refractivity contribution in [3.8, 4) is 5.75 Å². The summed E-state index contributed by atoms with van der Waals surface area (Å²) < 4.78 is 27.9. The summed E-state index contributed by atoms with van der Waals surface area (Å²) in [5.41, 5.74) is -0.105. The number of nitro benzene ring substituents is 1. The Morgan fingerprint density at radius 3 is 2.64 bits per heavy atom. The number of primary sulfonamides is 1. The van der Waals surface area contributed by atoms with E-state index in [9.17, 15) is 18.5 Å². The van der Waals surface area contributed by atoms with Crippen LogP contribution >= 0.6 is 11.8 Å². The molecule has 0 saturated carbocycles. The third-order valence-corrected chi connectivity index (χ3v) is 5.21. The summed E-state index contributed by atoms with van der Waals surface area (Å²) in [6, 6.07) is 11.1. The van der Waals surface area contributed by atoms with E-state index >= 15 is 0 Å². The molecular weight excluding hydrogens is 366 g/mol. The van der Waals surface area contributed by atoms with Crippen LogP contribution in [0.2, 0.25) is 0 Å². The quantitative estimate of drug-likeness (QED) is 0.310. The zero-order chi connectivity index (χ0) is 18.4. The highest BCUT2D eigenvalue weighted by Gasteiger charge is 2.18. The van der Waals surface area contributed by atoms with E-state index in [1.165, 1.54) is 23.9 Å². The lowest BCUT2D eigenvalue weighted by Gasteiger charge is -2.10. The number of nitro groups is 1. The van der Waals surface area contributed by atoms with E-state index in [2.05, 4.69) is 5.32 Å². The molecule has 0 fully saturated rings. The molecule has 134 valence electrons. The Kier molecular flexibility index (Phi) is 6.23. The Labute approximate surface area is 149 Å². The molecule has 0 radical (unpaired) electrons. The molecule has 0 bridgehead atoms. The van der Waals surface area contributed by atoms with Gasteiger partial charge in [-0.3, -0.25) is 10.1 Å². The van der Waals surface area contributed by atoms with Crippen molar-refractivity contribution in [1.29, 1.82) is 0 Å². The predicted molar refractivity (Wildman–Crippen MR) is 96.7 cm³/mol. The lowest BCUT2D eigenvalue weighted by Crippen LogP contribution is -2.13. The minimum absolute atomic E-state index is 0.234. The summed E-state index contributed by atoms with van der Waals surface area (Å²) in [5, 5.41) is 19.1. The Bertz CT molecular complexity index is 871. The molecular formula is C15H17N3O5S2. The third-order valence-electron chi connectivity index (χ3n) is 3.24. The normalized spacial score (nSPS) is 11.1. The number of hydrogen-bond donors (Lipinski definition) is 2. The zero-order valence-corrected chi connectivity index (χ0v) is 15.0. The number of rotatable bonds is 8. The van der Waals surface area contributed by atoms with Gasteiger partial charge in [-0.25, -0.2) is 13.6 Å². The topological polar surface area (TPSA) is 125 Å². The zero-order valence-electron chi connectivity index (χ0n) is 13.3. The number of sulfonamides is 1. The second-order valence-electron chi connectivity index (χ2n) is 4.91. The van der Waals surface area contributed by atoms with Crippen molar-refractivity contribution in [2.45, 2.75) is 9.79 Å². The van der Waals surface area contributed by atoms with Gasteiger partial charge < -0.3 is 10.1 Å². The molecule has 2 rings (SSSR count). The maximum atomic E-state index is 11.3. The van der Waals surface area contributed by atoms with Crippen LogP contribution in [-0.4, -0.2) is 32.7 Å². The molecule has 0 unspecified atom stereocenters. The molecule has 25 heavy (non-hydrogen) atoms. The van der Waals surface area contributed by atoms with Gasteiger partial charge in [0.15, 0.2) is 0 Å². The van der Waals surface area contributed by atoms with Gasteiger partial charge in [-0.15, -0.1) is 11.8 Å². The Hall–Kier alpha value is -2.30. The lowest BCUT2D eigenvalue weighted by atomic mass is 10.2. The van der Waals surface area contributed by atoms with Gasteiger partial charge in [-0.05, 0) is 24.3 Å². The van der Waals surface area contributed by atoms with Crippen molar-refractivity contribution in [2.24, 2.45) is 5.14 Å². The first-order valence-electron chi connectivity index (χ1n) is 7.14. The summed E-state index contributed by atoms with van der Waals surface area (Å²) in [6.07, 6.45) is 0. The summed E-state index contributed by atoms with van der Waals surface area (Å²) >= 11 is 1.54. The highest BCUT2D eigenvalue weighted by Crippen LogP contribution is 2.30. The number of nitrogens with one attached hydrogen (secondary N) is 1. The highest BCUT2D eigenvalue weighted by molar-refractivity contribution is 7.99. The number of nitrogens with zero attached hydrogens (tertiary/aromatic N) is 1. The molecule has 8 nitrogen and oxygen atoms in total. The van der Waals surface area contributed by atoms with Crippen LogP contribution in [-0.2, 0) is 10.0 Å². The average Bonchev–Trinajstić information content (AvgIpc) is 2.58. The van der Waals surface area contributed by atoms with Gasteiger partial charge in [-0.1, -0.05) is 12.1 Å². The van der Waals surface area contributed by atoms with Crippen molar-refractivity contribution in [3.05, 3.63) is 52.6 Å². The molecule has 0 aliphatic rings. The Balaban J connectivity index is 2.04. The first-order chi connectivity index (χ1) is 11.8. The van der Waals surface area contributed by atoms with Crippen LogP contribution in [0.1, 0.15) is 0 Å². The minimum atomic E-state index is -3.99. The van der Waals surface area contributed by atoms with Crippen LogP contribution < -0.4 is 15.2 Å². The van der Waals surface area contributed by atoms with Gasteiger partial charge in [0.05, 0.1) is 16.9 Å².